The van der Waals surface area contributed by atoms with E-state index in [2.05, 4.69) is 33.5 Å². The third kappa shape index (κ3) is 8.16. The lowest BCUT2D eigenvalue weighted by Gasteiger charge is -2.29. The van der Waals surface area contributed by atoms with Crippen molar-refractivity contribution in [2.75, 3.05) is 51.2 Å². The van der Waals surface area contributed by atoms with E-state index in [1.807, 2.05) is 82.4 Å². The molecule has 2 atom stereocenters. The fourth-order valence-corrected chi connectivity index (χ4v) is 7.88. The number of methoxy groups -OCH3 is 2. The minimum Gasteiger partial charge on any atom is -0.497 e. The molecule has 2 fully saturated rings. The largest absolute Gasteiger partial charge is 0.497 e. The van der Waals surface area contributed by atoms with E-state index in [9.17, 15) is 4.79 Å². The van der Waals surface area contributed by atoms with Crippen LogP contribution in [0.15, 0.2) is 61.2 Å². The summed E-state index contributed by atoms with van der Waals surface area (Å²) in [6.45, 7) is 10.0. The summed E-state index contributed by atoms with van der Waals surface area (Å²) in [6, 6.07) is 11.9. The van der Waals surface area contributed by atoms with Gasteiger partial charge in [0.1, 0.15) is 34.5 Å². The fraction of sp³-hybridized carbons (Fsp3) is 0.432. The molecule has 59 heavy (non-hydrogen) atoms. The van der Waals surface area contributed by atoms with Crippen LogP contribution >= 0.6 is 0 Å². The van der Waals surface area contributed by atoms with Gasteiger partial charge in [-0.2, -0.15) is 15.2 Å². The third-order valence-electron chi connectivity index (χ3n) is 11.1. The molecule has 0 radical (unpaired) electrons. The van der Waals surface area contributed by atoms with Crippen molar-refractivity contribution in [3.8, 4) is 34.3 Å². The number of carbonyl (C=O) groups is 1. The Morgan fingerprint density at radius 2 is 1.86 bits per heavy atom. The molecule has 0 spiro atoms. The monoisotopic (exact) mass is 803 g/mol. The first-order chi connectivity index (χ1) is 28.4. The number of benzene rings is 2. The number of hydrogen-bond acceptors (Lipinski definition) is 12. The Morgan fingerprint density at radius 1 is 1.02 bits per heavy atom. The zero-order valence-electron chi connectivity index (χ0n) is 35.1. The molecule has 1 unspecified atom stereocenters. The van der Waals surface area contributed by atoms with Crippen LogP contribution in [0.25, 0.3) is 32.8 Å². The van der Waals surface area contributed by atoms with Gasteiger partial charge in [0, 0.05) is 80.9 Å². The Balaban J connectivity index is 1.26. The van der Waals surface area contributed by atoms with Crippen LogP contribution in [-0.4, -0.2) is 93.1 Å². The van der Waals surface area contributed by atoms with Gasteiger partial charge in [-0.15, -0.1) is 0 Å². The zero-order chi connectivity index (χ0) is 41.4. The Kier molecular flexibility index (Phi) is 11.0. The standard InChI is InChI=1S/C44H53N9O6/c1-27-12-15-35-34(24-48-53(35)38-11-9-10-18-57-38)40(27)58-42-39-32(20-37(49-42)52-17-16-30(26-52)51(6)43(54)59-44(2,3)4)33(29-22-47-50(5)25-29)23-46-41(39)45-21-28-13-14-31(55-7)19-36(28)56-8/h12-15,19-20,22-25,30,38H,9-11,16-18,21,26H2,1-8H3,(H,45,46)/t30-,38?/m1/s1. The van der Waals surface area contributed by atoms with E-state index < -0.39 is 5.60 Å². The van der Waals surface area contributed by atoms with Gasteiger partial charge in [-0.1, -0.05) is 6.07 Å². The number of nitrogens with zero attached hydrogens (tertiary/aromatic N) is 8. The number of anilines is 2. The maximum atomic E-state index is 13.1. The lowest BCUT2D eigenvalue weighted by Crippen LogP contribution is -2.42. The van der Waals surface area contributed by atoms with E-state index in [1.54, 1.807) is 30.8 Å². The van der Waals surface area contributed by atoms with Crippen LogP contribution in [0.5, 0.6) is 23.1 Å². The molecule has 6 heterocycles. The molecular weight excluding hydrogens is 751 g/mol. The molecule has 0 saturated carbocycles. The number of likely N-dealkylation sites (N-methyl/N-ethyl adjacent to an activating group) is 1. The van der Waals surface area contributed by atoms with Gasteiger partial charge < -0.3 is 38.8 Å². The van der Waals surface area contributed by atoms with Gasteiger partial charge in [-0.05, 0) is 83.2 Å². The number of aryl methyl sites for hydroxylation is 2. The first-order valence-electron chi connectivity index (χ1n) is 20.2. The minimum atomic E-state index is -0.600. The van der Waals surface area contributed by atoms with Crippen molar-refractivity contribution in [1.29, 1.82) is 0 Å². The van der Waals surface area contributed by atoms with Crippen molar-refractivity contribution in [3.63, 3.8) is 0 Å². The van der Waals surface area contributed by atoms with Gasteiger partial charge in [0.2, 0.25) is 5.88 Å². The maximum absolute atomic E-state index is 13.1. The summed E-state index contributed by atoms with van der Waals surface area (Å²) in [4.78, 5) is 27.4. The normalized spacial score (nSPS) is 17.1. The van der Waals surface area contributed by atoms with Crippen LogP contribution in [0, 0.1) is 6.92 Å². The Labute approximate surface area is 344 Å². The van der Waals surface area contributed by atoms with Crippen molar-refractivity contribution < 1.29 is 28.5 Å². The van der Waals surface area contributed by atoms with Crippen LogP contribution in [0.2, 0.25) is 0 Å². The van der Waals surface area contributed by atoms with Crippen molar-refractivity contribution in [1.82, 2.24) is 34.4 Å². The zero-order valence-corrected chi connectivity index (χ0v) is 35.1. The number of aromatic nitrogens is 6. The Hall–Kier alpha value is -6.09. The molecule has 1 amide bonds. The average Bonchev–Trinajstić information content (AvgIpc) is 4.01. The predicted molar refractivity (Wildman–Crippen MR) is 227 cm³/mol. The van der Waals surface area contributed by atoms with Gasteiger partial charge in [-0.25, -0.2) is 14.5 Å². The van der Waals surface area contributed by atoms with E-state index in [1.165, 1.54) is 0 Å². The van der Waals surface area contributed by atoms with E-state index in [0.29, 0.717) is 66.4 Å². The highest BCUT2D eigenvalue weighted by molar-refractivity contribution is 6.06. The number of fused-ring (bicyclic) bond motifs is 2. The van der Waals surface area contributed by atoms with Crippen LogP contribution in [-0.2, 0) is 23.1 Å². The molecule has 2 saturated heterocycles. The van der Waals surface area contributed by atoms with Gasteiger partial charge >= 0.3 is 6.09 Å². The van der Waals surface area contributed by atoms with E-state index in [0.717, 1.165) is 64.2 Å². The van der Waals surface area contributed by atoms with Gasteiger partial charge in [-0.3, -0.25) is 4.68 Å². The molecule has 2 aromatic carbocycles. The van der Waals surface area contributed by atoms with Crippen molar-refractivity contribution in [2.24, 2.45) is 7.05 Å². The van der Waals surface area contributed by atoms with E-state index in [-0.39, 0.29) is 18.4 Å². The van der Waals surface area contributed by atoms with Gasteiger partial charge in [0.15, 0.2) is 6.23 Å². The molecule has 2 aliphatic heterocycles. The average molecular weight is 804 g/mol. The minimum absolute atomic E-state index is 0.0810. The summed E-state index contributed by atoms with van der Waals surface area (Å²) in [5.74, 6) is 3.70. The van der Waals surface area contributed by atoms with Crippen molar-refractivity contribution >= 4 is 39.4 Å². The number of pyridine rings is 2. The number of nitrogens with one attached hydrogen (secondary N) is 1. The maximum Gasteiger partial charge on any atom is 0.410 e. The first-order valence-corrected chi connectivity index (χ1v) is 20.2. The molecule has 1 N–H and O–H groups in total. The van der Waals surface area contributed by atoms with Crippen LogP contribution < -0.4 is 24.4 Å². The number of ether oxygens (including phenoxy) is 5. The molecule has 4 aromatic heterocycles. The highest BCUT2D eigenvalue weighted by Crippen LogP contribution is 2.43. The molecule has 0 aliphatic carbocycles. The second-order valence-corrected chi connectivity index (χ2v) is 16.3. The SMILES string of the molecule is COc1ccc(CNc2ncc(-c3cnn(C)c3)c3cc(N4CC[C@@H](N(C)C(=O)OC(C)(C)C)C4)nc(Oc4c(C)ccc5c4cnn5C4CCCCO4)c23)c(OC)c1. The number of amides is 1. The summed E-state index contributed by atoms with van der Waals surface area (Å²) >= 11 is 0. The summed E-state index contributed by atoms with van der Waals surface area (Å²) in [5.41, 5.74) is 3.93. The summed E-state index contributed by atoms with van der Waals surface area (Å²) in [7, 11) is 6.97. The van der Waals surface area contributed by atoms with Gasteiger partial charge in [0.05, 0.1) is 48.9 Å². The molecule has 15 heteroatoms. The second-order valence-electron chi connectivity index (χ2n) is 16.3. The predicted octanol–water partition coefficient (Wildman–Crippen LogP) is 8.25. The summed E-state index contributed by atoms with van der Waals surface area (Å²) in [6.07, 6.45) is 10.8. The molecule has 0 bridgehead atoms. The molecule has 2 aliphatic rings. The Morgan fingerprint density at radius 3 is 2.59 bits per heavy atom. The molecule has 15 nitrogen and oxygen atoms in total. The number of hydrogen-bond donors (Lipinski definition) is 1. The Bertz CT molecular complexity index is 2480. The van der Waals surface area contributed by atoms with Crippen LogP contribution in [0.1, 0.15) is 63.8 Å². The van der Waals surface area contributed by atoms with E-state index in [4.69, 9.17) is 38.8 Å². The van der Waals surface area contributed by atoms with Crippen molar-refractivity contribution in [2.45, 2.75) is 77.8 Å². The molecule has 6 aromatic rings. The summed E-state index contributed by atoms with van der Waals surface area (Å²) < 4.78 is 33.9. The topological polar surface area (TPSA) is 143 Å². The molecule has 8 rings (SSSR count). The first kappa shape index (κ1) is 39.7. The highest BCUT2D eigenvalue weighted by Gasteiger charge is 2.33. The van der Waals surface area contributed by atoms with Crippen LogP contribution in [0.3, 0.4) is 0 Å². The fourth-order valence-electron chi connectivity index (χ4n) is 7.88. The van der Waals surface area contributed by atoms with Gasteiger partial charge in [0.25, 0.3) is 0 Å². The lowest BCUT2D eigenvalue weighted by atomic mass is 10.0. The third-order valence-corrected chi connectivity index (χ3v) is 11.1. The number of rotatable bonds is 11. The lowest BCUT2D eigenvalue weighted by molar-refractivity contribution is -0.0366. The molecule has 310 valence electrons. The second kappa shape index (κ2) is 16.3. The quantitative estimate of drug-likeness (QED) is 0.135. The molecular formula is C44H53N9O6. The summed E-state index contributed by atoms with van der Waals surface area (Å²) in [5, 5.41) is 15.3. The van der Waals surface area contributed by atoms with E-state index >= 15 is 0 Å². The van der Waals surface area contributed by atoms with Crippen molar-refractivity contribution in [3.05, 3.63) is 72.3 Å². The van der Waals surface area contributed by atoms with Crippen LogP contribution in [0.4, 0.5) is 16.4 Å². The number of carbonyl (C=O) groups excluding carboxylic acids is 1. The highest BCUT2D eigenvalue weighted by atomic mass is 16.6. The smallest absolute Gasteiger partial charge is 0.410 e.